The molecule has 0 radical (unpaired) electrons. The van der Waals surface area contributed by atoms with Gasteiger partial charge in [-0.1, -0.05) is 31.6 Å². The van der Waals surface area contributed by atoms with Crippen molar-refractivity contribution < 1.29 is 4.79 Å². The number of nitrogens with one attached hydrogen (secondary N) is 2. The molecule has 1 aromatic heterocycles. The highest BCUT2D eigenvalue weighted by molar-refractivity contribution is 7.17. The first-order valence-corrected chi connectivity index (χ1v) is 8.42. The van der Waals surface area contributed by atoms with Crippen LogP contribution in [0.25, 0.3) is 0 Å². The molecular formula is C14H24N4OS. The third-order valence-corrected chi connectivity index (χ3v) is 4.78. The lowest BCUT2D eigenvalue weighted by Crippen LogP contribution is -2.37. The SMILES string of the molecule is CCCNc1nnc(C(=O)NC2CCC(CC)CC2)s1. The summed E-state index contributed by atoms with van der Waals surface area (Å²) in [7, 11) is 0. The maximum Gasteiger partial charge on any atom is 0.282 e. The largest absolute Gasteiger partial charge is 0.360 e. The van der Waals surface area contributed by atoms with E-state index in [-0.39, 0.29) is 5.91 Å². The molecule has 20 heavy (non-hydrogen) atoms. The summed E-state index contributed by atoms with van der Waals surface area (Å²) < 4.78 is 0. The Balaban J connectivity index is 1.81. The van der Waals surface area contributed by atoms with E-state index in [1.54, 1.807) is 0 Å². The summed E-state index contributed by atoms with van der Waals surface area (Å²) in [6, 6.07) is 0.307. The molecule has 0 unspecified atom stereocenters. The minimum Gasteiger partial charge on any atom is -0.360 e. The van der Waals surface area contributed by atoms with Crippen LogP contribution in [-0.2, 0) is 0 Å². The molecule has 5 nitrogen and oxygen atoms in total. The number of rotatable bonds is 6. The Kier molecular flexibility index (Phi) is 5.76. The number of nitrogens with zero attached hydrogens (tertiary/aromatic N) is 2. The molecule has 0 bridgehead atoms. The Hall–Kier alpha value is -1.17. The molecule has 0 atom stereocenters. The smallest absolute Gasteiger partial charge is 0.282 e. The maximum atomic E-state index is 12.1. The molecule has 1 aliphatic carbocycles. The van der Waals surface area contributed by atoms with E-state index in [0.717, 1.165) is 36.9 Å². The zero-order chi connectivity index (χ0) is 14.4. The van der Waals surface area contributed by atoms with E-state index in [4.69, 9.17) is 0 Å². The van der Waals surface area contributed by atoms with Crippen molar-refractivity contribution in [2.24, 2.45) is 5.92 Å². The van der Waals surface area contributed by atoms with Crippen molar-refractivity contribution in [2.45, 2.75) is 58.4 Å². The molecule has 1 heterocycles. The van der Waals surface area contributed by atoms with Crippen molar-refractivity contribution in [3.8, 4) is 0 Å². The molecule has 112 valence electrons. The van der Waals surface area contributed by atoms with E-state index in [0.29, 0.717) is 11.0 Å². The molecule has 1 amide bonds. The van der Waals surface area contributed by atoms with Gasteiger partial charge in [-0.3, -0.25) is 4.79 Å². The Morgan fingerprint density at radius 3 is 2.65 bits per heavy atom. The molecular weight excluding hydrogens is 272 g/mol. The predicted octanol–water partition coefficient (Wildman–Crippen LogP) is 3.06. The van der Waals surface area contributed by atoms with E-state index in [1.165, 1.54) is 30.6 Å². The molecule has 2 rings (SSSR count). The fourth-order valence-electron chi connectivity index (χ4n) is 2.58. The monoisotopic (exact) mass is 296 g/mol. The van der Waals surface area contributed by atoms with Gasteiger partial charge in [0.25, 0.3) is 5.91 Å². The van der Waals surface area contributed by atoms with Gasteiger partial charge in [0.2, 0.25) is 10.1 Å². The normalized spacial score (nSPS) is 22.5. The van der Waals surface area contributed by atoms with Gasteiger partial charge in [-0.05, 0) is 38.0 Å². The number of amides is 1. The van der Waals surface area contributed by atoms with Gasteiger partial charge in [0, 0.05) is 12.6 Å². The summed E-state index contributed by atoms with van der Waals surface area (Å²) >= 11 is 1.33. The summed E-state index contributed by atoms with van der Waals surface area (Å²) in [5, 5.41) is 15.4. The van der Waals surface area contributed by atoms with Gasteiger partial charge in [-0.15, -0.1) is 10.2 Å². The van der Waals surface area contributed by atoms with Crippen LogP contribution in [0.4, 0.5) is 5.13 Å². The van der Waals surface area contributed by atoms with Gasteiger partial charge < -0.3 is 10.6 Å². The Morgan fingerprint density at radius 1 is 1.25 bits per heavy atom. The second-order valence-electron chi connectivity index (χ2n) is 5.44. The molecule has 0 aromatic carbocycles. The van der Waals surface area contributed by atoms with Gasteiger partial charge in [-0.25, -0.2) is 0 Å². The van der Waals surface area contributed by atoms with Crippen LogP contribution in [0.1, 0.15) is 62.2 Å². The molecule has 0 spiro atoms. The minimum absolute atomic E-state index is 0.0769. The lowest BCUT2D eigenvalue weighted by molar-refractivity contribution is 0.0920. The van der Waals surface area contributed by atoms with Crippen LogP contribution in [0.15, 0.2) is 0 Å². The van der Waals surface area contributed by atoms with E-state index >= 15 is 0 Å². The first-order chi connectivity index (χ1) is 9.72. The molecule has 1 aromatic rings. The highest BCUT2D eigenvalue weighted by Gasteiger charge is 2.23. The minimum atomic E-state index is -0.0769. The standard InChI is InChI=1S/C14H24N4OS/c1-3-9-15-14-18-17-13(20-14)12(19)16-11-7-5-10(4-2)6-8-11/h10-11H,3-9H2,1-2H3,(H,15,18)(H,16,19). The molecule has 0 aliphatic heterocycles. The van der Waals surface area contributed by atoms with Crippen LogP contribution in [0, 0.1) is 5.92 Å². The van der Waals surface area contributed by atoms with E-state index in [2.05, 4.69) is 34.7 Å². The zero-order valence-corrected chi connectivity index (χ0v) is 13.1. The van der Waals surface area contributed by atoms with Crippen molar-refractivity contribution in [2.75, 3.05) is 11.9 Å². The lowest BCUT2D eigenvalue weighted by atomic mass is 9.84. The second kappa shape index (κ2) is 7.57. The van der Waals surface area contributed by atoms with E-state index in [9.17, 15) is 4.79 Å². The van der Waals surface area contributed by atoms with Gasteiger partial charge in [0.15, 0.2) is 0 Å². The van der Waals surface area contributed by atoms with E-state index in [1.807, 2.05) is 0 Å². The number of carbonyl (C=O) groups is 1. The highest BCUT2D eigenvalue weighted by Crippen LogP contribution is 2.26. The number of aromatic nitrogens is 2. The Labute approximate surface area is 124 Å². The third-order valence-electron chi connectivity index (χ3n) is 3.90. The number of hydrogen-bond donors (Lipinski definition) is 2. The van der Waals surface area contributed by atoms with Crippen LogP contribution in [0.5, 0.6) is 0 Å². The summed E-state index contributed by atoms with van der Waals surface area (Å²) in [5.74, 6) is 0.765. The van der Waals surface area contributed by atoms with Crippen molar-refractivity contribution >= 4 is 22.4 Å². The fraction of sp³-hybridized carbons (Fsp3) is 0.786. The van der Waals surface area contributed by atoms with Crippen LogP contribution < -0.4 is 10.6 Å². The van der Waals surface area contributed by atoms with Crippen LogP contribution >= 0.6 is 11.3 Å². The zero-order valence-electron chi connectivity index (χ0n) is 12.3. The quantitative estimate of drug-likeness (QED) is 0.846. The number of carbonyl (C=O) groups excluding carboxylic acids is 1. The lowest BCUT2D eigenvalue weighted by Gasteiger charge is -2.28. The number of anilines is 1. The van der Waals surface area contributed by atoms with Crippen molar-refractivity contribution in [3.05, 3.63) is 5.01 Å². The topological polar surface area (TPSA) is 66.9 Å². The van der Waals surface area contributed by atoms with Crippen LogP contribution in [0.2, 0.25) is 0 Å². The average molecular weight is 296 g/mol. The molecule has 2 N–H and O–H groups in total. The van der Waals surface area contributed by atoms with E-state index < -0.39 is 0 Å². The van der Waals surface area contributed by atoms with Crippen LogP contribution in [-0.4, -0.2) is 28.7 Å². The van der Waals surface area contributed by atoms with Gasteiger partial charge in [-0.2, -0.15) is 0 Å². The summed E-state index contributed by atoms with van der Waals surface area (Å²) in [5.41, 5.74) is 0. The Bertz CT molecular complexity index is 427. The predicted molar refractivity (Wildman–Crippen MR) is 82.2 cm³/mol. The Morgan fingerprint density at radius 2 is 2.00 bits per heavy atom. The fourth-order valence-corrected chi connectivity index (χ4v) is 3.25. The molecule has 0 saturated heterocycles. The molecule has 1 saturated carbocycles. The second-order valence-corrected chi connectivity index (χ2v) is 6.42. The summed E-state index contributed by atoms with van der Waals surface area (Å²) in [6.07, 6.45) is 6.90. The van der Waals surface area contributed by atoms with Crippen molar-refractivity contribution in [3.63, 3.8) is 0 Å². The summed E-state index contributed by atoms with van der Waals surface area (Å²) in [6.45, 7) is 5.20. The molecule has 6 heteroatoms. The van der Waals surface area contributed by atoms with Gasteiger partial charge in [0.05, 0.1) is 0 Å². The summed E-state index contributed by atoms with van der Waals surface area (Å²) in [4.78, 5) is 12.1. The molecule has 1 fully saturated rings. The van der Waals surface area contributed by atoms with Crippen LogP contribution in [0.3, 0.4) is 0 Å². The van der Waals surface area contributed by atoms with Crippen molar-refractivity contribution in [1.29, 1.82) is 0 Å². The van der Waals surface area contributed by atoms with Gasteiger partial charge in [0.1, 0.15) is 0 Å². The maximum absolute atomic E-state index is 12.1. The number of hydrogen-bond acceptors (Lipinski definition) is 5. The highest BCUT2D eigenvalue weighted by atomic mass is 32.1. The molecule has 1 aliphatic rings. The first kappa shape index (κ1) is 15.2. The average Bonchev–Trinajstić information content (AvgIpc) is 2.95. The van der Waals surface area contributed by atoms with Gasteiger partial charge >= 0.3 is 0 Å². The third kappa shape index (κ3) is 4.16. The van der Waals surface area contributed by atoms with Crippen molar-refractivity contribution in [1.82, 2.24) is 15.5 Å². The first-order valence-electron chi connectivity index (χ1n) is 7.61.